The number of anilines is 2. The zero-order chi connectivity index (χ0) is 20.1. The average Bonchev–Trinajstić information content (AvgIpc) is 2.69. The summed E-state index contributed by atoms with van der Waals surface area (Å²) >= 11 is 0. The van der Waals surface area contributed by atoms with Crippen molar-refractivity contribution in [3.05, 3.63) is 64.2 Å². The molecule has 1 saturated heterocycles. The van der Waals surface area contributed by atoms with E-state index in [0.29, 0.717) is 12.5 Å². The van der Waals surface area contributed by atoms with E-state index in [-0.39, 0.29) is 11.6 Å². The van der Waals surface area contributed by atoms with Gasteiger partial charge in [-0.3, -0.25) is 19.8 Å². The smallest absolute Gasteiger partial charge is 0.269 e. The minimum absolute atomic E-state index is 0.0129. The SMILES string of the molecule is CC(C)c1ccc(NC(=O)CN2CCN(c3ccc([N+](=O)[O-])cc3)CC2)cc1. The summed E-state index contributed by atoms with van der Waals surface area (Å²) < 4.78 is 0. The number of nitro benzene ring substituents is 1. The summed E-state index contributed by atoms with van der Waals surface area (Å²) in [4.78, 5) is 27.0. The number of non-ortho nitro benzene ring substituents is 1. The molecule has 148 valence electrons. The Morgan fingerprint density at radius 2 is 1.64 bits per heavy atom. The highest BCUT2D eigenvalue weighted by molar-refractivity contribution is 5.92. The number of rotatable bonds is 6. The van der Waals surface area contributed by atoms with Gasteiger partial charge in [0.1, 0.15) is 0 Å². The molecular formula is C21H26N4O3. The van der Waals surface area contributed by atoms with E-state index in [1.807, 2.05) is 24.3 Å². The summed E-state index contributed by atoms with van der Waals surface area (Å²) in [6.45, 7) is 7.77. The molecule has 1 aliphatic rings. The van der Waals surface area contributed by atoms with Gasteiger partial charge in [-0.25, -0.2) is 0 Å². The maximum absolute atomic E-state index is 12.3. The topological polar surface area (TPSA) is 78.7 Å². The lowest BCUT2D eigenvalue weighted by Gasteiger charge is -2.35. The molecule has 1 heterocycles. The third-order valence-corrected chi connectivity index (χ3v) is 5.03. The number of hydrogen-bond donors (Lipinski definition) is 1. The van der Waals surface area contributed by atoms with Crippen molar-refractivity contribution in [1.29, 1.82) is 0 Å². The second kappa shape index (κ2) is 8.84. The lowest BCUT2D eigenvalue weighted by Crippen LogP contribution is -2.48. The van der Waals surface area contributed by atoms with E-state index >= 15 is 0 Å². The molecule has 0 aliphatic carbocycles. The molecule has 0 aromatic heterocycles. The Kier molecular flexibility index (Phi) is 6.26. The van der Waals surface area contributed by atoms with Crippen LogP contribution in [0, 0.1) is 10.1 Å². The summed E-state index contributed by atoms with van der Waals surface area (Å²) in [5.41, 5.74) is 3.14. The summed E-state index contributed by atoms with van der Waals surface area (Å²) in [5.74, 6) is 0.456. The van der Waals surface area contributed by atoms with Crippen molar-refractivity contribution in [2.45, 2.75) is 19.8 Å². The summed E-state index contributed by atoms with van der Waals surface area (Å²) in [5, 5.41) is 13.7. The molecule has 3 rings (SSSR count). The highest BCUT2D eigenvalue weighted by Gasteiger charge is 2.20. The van der Waals surface area contributed by atoms with Crippen LogP contribution >= 0.6 is 0 Å². The van der Waals surface area contributed by atoms with E-state index in [1.165, 1.54) is 17.7 Å². The standard InChI is InChI=1S/C21H26N4O3/c1-16(2)17-3-5-18(6-4-17)22-21(26)15-23-11-13-24(14-12-23)19-7-9-20(10-8-19)25(27)28/h3-10,16H,11-15H2,1-2H3,(H,22,26). The van der Waals surface area contributed by atoms with Crippen LogP contribution in [0.2, 0.25) is 0 Å². The van der Waals surface area contributed by atoms with E-state index in [9.17, 15) is 14.9 Å². The van der Waals surface area contributed by atoms with Crippen molar-refractivity contribution in [3.8, 4) is 0 Å². The molecular weight excluding hydrogens is 356 g/mol. The molecule has 0 bridgehead atoms. The lowest BCUT2D eigenvalue weighted by molar-refractivity contribution is -0.384. The molecule has 0 radical (unpaired) electrons. The lowest BCUT2D eigenvalue weighted by atomic mass is 10.0. The molecule has 1 aliphatic heterocycles. The fourth-order valence-electron chi connectivity index (χ4n) is 3.30. The molecule has 7 heteroatoms. The first-order chi connectivity index (χ1) is 13.4. The number of amides is 1. The van der Waals surface area contributed by atoms with Crippen LogP contribution in [0.25, 0.3) is 0 Å². The van der Waals surface area contributed by atoms with Crippen LogP contribution < -0.4 is 10.2 Å². The Labute approximate surface area is 165 Å². The van der Waals surface area contributed by atoms with Crippen molar-refractivity contribution in [2.24, 2.45) is 0 Å². The first-order valence-electron chi connectivity index (χ1n) is 9.54. The van der Waals surface area contributed by atoms with Crippen LogP contribution in [0.5, 0.6) is 0 Å². The van der Waals surface area contributed by atoms with Gasteiger partial charge in [0.2, 0.25) is 5.91 Å². The van der Waals surface area contributed by atoms with Crippen LogP contribution in [0.3, 0.4) is 0 Å². The fraction of sp³-hybridized carbons (Fsp3) is 0.381. The number of benzene rings is 2. The third-order valence-electron chi connectivity index (χ3n) is 5.03. The van der Waals surface area contributed by atoms with Crippen LogP contribution in [-0.4, -0.2) is 48.5 Å². The maximum atomic E-state index is 12.3. The van der Waals surface area contributed by atoms with Crippen molar-refractivity contribution in [2.75, 3.05) is 42.9 Å². The predicted octanol–water partition coefficient (Wildman–Crippen LogP) is 3.48. The van der Waals surface area contributed by atoms with E-state index in [4.69, 9.17) is 0 Å². The second-order valence-electron chi connectivity index (χ2n) is 7.36. The highest BCUT2D eigenvalue weighted by atomic mass is 16.6. The van der Waals surface area contributed by atoms with E-state index in [1.54, 1.807) is 12.1 Å². The van der Waals surface area contributed by atoms with Crippen LogP contribution in [0.1, 0.15) is 25.3 Å². The van der Waals surface area contributed by atoms with Gasteiger partial charge >= 0.3 is 0 Å². The number of carbonyl (C=O) groups is 1. The summed E-state index contributed by atoms with van der Waals surface area (Å²) in [6.07, 6.45) is 0. The van der Waals surface area contributed by atoms with Gasteiger partial charge < -0.3 is 10.2 Å². The van der Waals surface area contributed by atoms with E-state index in [0.717, 1.165) is 37.6 Å². The zero-order valence-corrected chi connectivity index (χ0v) is 16.3. The molecule has 0 saturated carbocycles. The van der Waals surface area contributed by atoms with Crippen molar-refractivity contribution in [1.82, 2.24) is 4.90 Å². The molecule has 0 spiro atoms. The first-order valence-corrected chi connectivity index (χ1v) is 9.54. The molecule has 28 heavy (non-hydrogen) atoms. The number of carbonyl (C=O) groups excluding carboxylic acids is 1. The second-order valence-corrected chi connectivity index (χ2v) is 7.36. The van der Waals surface area contributed by atoms with Gasteiger partial charge in [0, 0.05) is 49.7 Å². The monoisotopic (exact) mass is 382 g/mol. The Morgan fingerprint density at radius 3 is 2.18 bits per heavy atom. The Morgan fingerprint density at radius 1 is 1.04 bits per heavy atom. The molecule has 2 aromatic carbocycles. The quantitative estimate of drug-likeness (QED) is 0.611. The molecule has 2 aromatic rings. The van der Waals surface area contributed by atoms with Gasteiger partial charge in [0.25, 0.3) is 5.69 Å². The Hall–Kier alpha value is -2.93. The minimum atomic E-state index is -0.392. The summed E-state index contributed by atoms with van der Waals surface area (Å²) in [7, 11) is 0. The van der Waals surface area contributed by atoms with E-state index < -0.39 is 4.92 Å². The van der Waals surface area contributed by atoms with Crippen LogP contribution in [0.4, 0.5) is 17.1 Å². The first kappa shape index (κ1) is 19.8. The fourth-order valence-corrected chi connectivity index (χ4v) is 3.30. The van der Waals surface area contributed by atoms with Crippen LogP contribution in [0.15, 0.2) is 48.5 Å². The predicted molar refractivity (Wildman–Crippen MR) is 111 cm³/mol. The molecule has 0 atom stereocenters. The van der Waals surface area contributed by atoms with Crippen molar-refractivity contribution < 1.29 is 9.72 Å². The van der Waals surface area contributed by atoms with Gasteiger partial charge in [-0.15, -0.1) is 0 Å². The van der Waals surface area contributed by atoms with Crippen LogP contribution in [-0.2, 0) is 4.79 Å². The largest absolute Gasteiger partial charge is 0.369 e. The van der Waals surface area contributed by atoms with Gasteiger partial charge in [-0.2, -0.15) is 0 Å². The van der Waals surface area contributed by atoms with Gasteiger partial charge in [-0.05, 0) is 35.7 Å². The Bertz CT molecular complexity index is 811. The van der Waals surface area contributed by atoms with Crippen molar-refractivity contribution in [3.63, 3.8) is 0 Å². The van der Waals surface area contributed by atoms with Gasteiger partial charge in [0.15, 0.2) is 0 Å². The number of nitrogens with one attached hydrogen (secondary N) is 1. The van der Waals surface area contributed by atoms with Gasteiger partial charge in [-0.1, -0.05) is 26.0 Å². The van der Waals surface area contributed by atoms with Crippen molar-refractivity contribution >= 4 is 23.0 Å². The number of hydrogen-bond acceptors (Lipinski definition) is 5. The minimum Gasteiger partial charge on any atom is -0.369 e. The molecule has 1 N–H and O–H groups in total. The Balaban J connectivity index is 1.47. The highest BCUT2D eigenvalue weighted by Crippen LogP contribution is 2.21. The molecule has 7 nitrogen and oxygen atoms in total. The number of piperazine rings is 1. The molecule has 0 unspecified atom stereocenters. The summed E-state index contributed by atoms with van der Waals surface area (Å²) in [6, 6.07) is 14.6. The molecule has 1 fully saturated rings. The normalized spacial score (nSPS) is 14.9. The average molecular weight is 382 g/mol. The van der Waals surface area contributed by atoms with E-state index in [2.05, 4.69) is 29.0 Å². The molecule has 1 amide bonds. The third kappa shape index (κ3) is 5.07. The number of nitro groups is 1. The van der Waals surface area contributed by atoms with Gasteiger partial charge in [0.05, 0.1) is 11.5 Å². The maximum Gasteiger partial charge on any atom is 0.269 e. The number of nitrogens with zero attached hydrogens (tertiary/aromatic N) is 3. The zero-order valence-electron chi connectivity index (χ0n) is 16.3.